The maximum absolute atomic E-state index is 9.71. The smallest absolute Gasteiger partial charge is 0.195 e. The van der Waals surface area contributed by atoms with Crippen molar-refractivity contribution in [2.45, 2.75) is 19.8 Å². The van der Waals surface area contributed by atoms with Gasteiger partial charge in [0.2, 0.25) is 0 Å². The van der Waals surface area contributed by atoms with Gasteiger partial charge in [-0.3, -0.25) is 10.1 Å². The second-order valence-electron chi connectivity index (χ2n) is 6.69. The molecular weight excluding hydrogens is 340 g/mol. The molecule has 7 nitrogen and oxygen atoms in total. The third kappa shape index (κ3) is 3.30. The number of aromatic amines is 1. The Bertz CT molecular complexity index is 1000. The van der Waals surface area contributed by atoms with Gasteiger partial charge in [-0.2, -0.15) is 10.4 Å². The van der Waals surface area contributed by atoms with E-state index < -0.39 is 5.92 Å². The van der Waals surface area contributed by atoms with Crippen LogP contribution in [0.5, 0.6) is 0 Å². The highest BCUT2D eigenvalue weighted by atomic mass is 16.5. The zero-order valence-electron chi connectivity index (χ0n) is 15.9. The van der Waals surface area contributed by atoms with Crippen LogP contribution in [0.15, 0.2) is 34.6 Å². The molecular formula is C20H22N6O. The van der Waals surface area contributed by atoms with Crippen molar-refractivity contribution in [3.05, 3.63) is 46.6 Å². The molecule has 0 radical (unpaired) electrons. The fourth-order valence-electron chi connectivity index (χ4n) is 3.52. The van der Waals surface area contributed by atoms with E-state index in [2.05, 4.69) is 26.1 Å². The fraction of sp³-hybridized carbons (Fsp3) is 0.400. The number of hydrogen-bond donors (Lipinski definition) is 1. The molecule has 0 saturated heterocycles. The van der Waals surface area contributed by atoms with Crippen molar-refractivity contribution in [3.8, 4) is 6.07 Å². The van der Waals surface area contributed by atoms with Crippen molar-refractivity contribution >= 4 is 22.4 Å². The van der Waals surface area contributed by atoms with Crippen molar-refractivity contribution in [2.24, 2.45) is 10.9 Å². The van der Waals surface area contributed by atoms with Gasteiger partial charge in [0.15, 0.2) is 11.5 Å². The lowest BCUT2D eigenvalue weighted by Crippen LogP contribution is -2.24. The minimum Gasteiger partial charge on any atom is -0.383 e. The van der Waals surface area contributed by atoms with Gasteiger partial charge in [0.25, 0.3) is 0 Å². The fourth-order valence-corrected chi connectivity index (χ4v) is 3.52. The third-order valence-corrected chi connectivity index (χ3v) is 4.97. The van der Waals surface area contributed by atoms with Crippen LogP contribution in [0.2, 0.25) is 0 Å². The minimum absolute atomic E-state index is 0.318. The molecule has 0 fully saturated rings. The Morgan fingerprint density at radius 2 is 2.19 bits per heavy atom. The highest BCUT2D eigenvalue weighted by molar-refractivity contribution is 5.93. The Labute approximate surface area is 158 Å². The topological polar surface area (TPSA) is 81.7 Å². The minimum atomic E-state index is -0.447. The SMILES string of the molecule is [C-]#[N+]C1=C(C)N=C(C)C(C#N)C1c1ccc2[nH]nc(N(C)CCOC)c2c1. The quantitative estimate of drug-likeness (QED) is 0.826. The van der Waals surface area contributed by atoms with Gasteiger partial charge in [-0.15, -0.1) is 0 Å². The Kier molecular flexibility index (Phi) is 5.25. The van der Waals surface area contributed by atoms with Gasteiger partial charge in [0, 0.05) is 43.4 Å². The Morgan fingerprint density at radius 1 is 1.41 bits per heavy atom. The molecule has 0 bridgehead atoms. The summed E-state index contributed by atoms with van der Waals surface area (Å²) >= 11 is 0. The largest absolute Gasteiger partial charge is 0.383 e. The molecule has 7 heteroatoms. The molecule has 2 heterocycles. The maximum Gasteiger partial charge on any atom is 0.195 e. The highest BCUT2D eigenvalue weighted by Crippen LogP contribution is 2.40. The number of fused-ring (bicyclic) bond motifs is 1. The molecule has 3 rings (SSSR count). The molecule has 1 aliphatic heterocycles. The normalized spacial score (nSPS) is 19.6. The van der Waals surface area contributed by atoms with Crippen LogP contribution in [-0.2, 0) is 4.74 Å². The zero-order chi connectivity index (χ0) is 19.6. The molecule has 27 heavy (non-hydrogen) atoms. The summed E-state index contributed by atoms with van der Waals surface area (Å²) in [6, 6.07) is 8.29. The molecule has 2 unspecified atom stereocenters. The van der Waals surface area contributed by atoms with E-state index in [1.807, 2.05) is 44.0 Å². The number of nitrogens with one attached hydrogen (secondary N) is 1. The number of nitriles is 1. The summed E-state index contributed by atoms with van der Waals surface area (Å²) in [7, 11) is 3.63. The van der Waals surface area contributed by atoms with Gasteiger partial charge >= 0.3 is 0 Å². The van der Waals surface area contributed by atoms with Gasteiger partial charge < -0.3 is 9.64 Å². The molecule has 1 aromatic carbocycles. The number of anilines is 1. The summed E-state index contributed by atoms with van der Waals surface area (Å²) in [4.78, 5) is 10.1. The number of methoxy groups -OCH3 is 1. The summed E-state index contributed by atoms with van der Waals surface area (Å²) in [5.74, 6) is 0.0573. The van der Waals surface area contributed by atoms with Crippen molar-refractivity contribution in [2.75, 3.05) is 32.2 Å². The van der Waals surface area contributed by atoms with Crippen LogP contribution < -0.4 is 4.90 Å². The maximum atomic E-state index is 9.71. The number of nitrogens with zero attached hydrogens (tertiary/aromatic N) is 5. The van der Waals surface area contributed by atoms with Gasteiger partial charge in [0.1, 0.15) is 0 Å². The van der Waals surface area contributed by atoms with E-state index in [9.17, 15) is 5.26 Å². The summed E-state index contributed by atoms with van der Waals surface area (Å²) < 4.78 is 5.15. The van der Waals surface area contributed by atoms with E-state index in [0.717, 1.165) is 28.0 Å². The lowest BCUT2D eigenvalue weighted by Gasteiger charge is -2.26. The van der Waals surface area contributed by atoms with E-state index >= 15 is 0 Å². The number of H-pyrrole nitrogens is 1. The monoisotopic (exact) mass is 362 g/mol. The first-order valence-electron chi connectivity index (χ1n) is 8.73. The van der Waals surface area contributed by atoms with E-state index in [4.69, 9.17) is 11.3 Å². The average molecular weight is 362 g/mol. The van der Waals surface area contributed by atoms with E-state index in [-0.39, 0.29) is 5.92 Å². The molecule has 1 N–H and O–H groups in total. The molecule has 1 aromatic heterocycles. The van der Waals surface area contributed by atoms with E-state index in [1.165, 1.54) is 0 Å². The lowest BCUT2D eigenvalue weighted by molar-refractivity contribution is 0.206. The number of benzene rings is 1. The summed E-state index contributed by atoms with van der Waals surface area (Å²) in [5, 5.41) is 18.1. The van der Waals surface area contributed by atoms with Crippen LogP contribution in [0.1, 0.15) is 25.3 Å². The Morgan fingerprint density at radius 3 is 2.85 bits per heavy atom. The Balaban J connectivity index is 2.10. The second-order valence-corrected chi connectivity index (χ2v) is 6.69. The lowest BCUT2D eigenvalue weighted by atomic mass is 9.79. The van der Waals surface area contributed by atoms with Gasteiger partial charge in [-0.25, -0.2) is 4.85 Å². The van der Waals surface area contributed by atoms with Crippen molar-refractivity contribution in [1.82, 2.24) is 10.2 Å². The van der Waals surface area contributed by atoms with Crippen molar-refractivity contribution in [1.29, 1.82) is 5.26 Å². The first kappa shape index (κ1) is 18.6. The number of rotatable bonds is 5. The van der Waals surface area contributed by atoms with Crippen LogP contribution in [-0.4, -0.2) is 43.2 Å². The van der Waals surface area contributed by atoms with Crippen molar-refractivity contribution in [3.63, 3.8) is 0 Å². The molecule has 1 aliphatic rings. The van der Waals surface area contributed by atoms with Gasteiger partial charge in [-0.1, -0.05) is 6.07 Å². The average Bonchev–Trinajstić information content (AvgIpc) is 3.08. The first-order chi connectivity index (χ1) is 13.0. The second kappa shape index (κ2) is 7.61. The zero-order valence-corrected chi connectivity index (χ0v) is 15.9. The van der Waals surface area contributed by atoms with Crippen molar-refractivity contribution < 1.29 is 4.74 Å². The molecule has 2 aromatic rings. The Hall–Kier alpha value is -3.16. The van der Waals surface area contributed by atoms with Crippen LogP contribution in [0.3, 0.4) is 0 Å². The number of likely N-dealkylation sites (N-methyl/N-ethyl adjacent to an activating group) is 1. The van der Waals surface area contributed by atoms with Crippen LogP contribution in [0.25, 0.3) is 15.7 Å². The van der Waals surface area contributed by atoms with Gasteiger partial charge in [-0.05, 0) is 31.5 Å². The van der Waals surface area contributed by atoms with Crippen LogP contribution in [0, 0.1) is 23.8 Å². The number of aromatic nitrogens is 2. The van der Waals surface area contributed by atoms with Crippen LogP contribution in [0.4, 0.5) is 5.82 Å². The number of hydrogen-bond acceptors (Lipinski definition) is 5. The summed E-state index contributed by atoms with van der Waals surface area (Å²) in [5.41, 5.74) is 3.80. The predicted octanol–water partition coefficient (Wildman–Crippen LogP) is 3.49. The number of ether oxygens (including phenoxy) is 1. The summed E-state index contributed by atoms with van der Waals surface area (Å²) in [6.07, 6.45) is 0. The molecule has 0 amide bonds. The third-order valence-electron chi connectivity index (χ3n) is 4.97. The van der Waals surface area contributed by atoms with E-state index in [0.29, 0.717) is 24.5 Å². The van der Waals surface area contributed by atoms with Gasteiger partial charge in [0.05, 0.1) is 30.7 Å². The molecule has 0 aliphatic carbocycles. The molecule has 2 atom stereocenters. The standard InChI is InChI=1S/C20H22N6O/c1-12-16(11-21)18(19(22-3)13(2)23-12)14-6-7-17-15(10-14)20(25-24-17)26(4)8-9-27-5/h6-7,10,16,18H,8-9H2,1-2,4-5H3,(H,24,25). The molecule has 0 spiro atoms. The van der Waals surface area contributed by atoms with E-state index in [1.54, 1.807) is 7.11 Å². The first-order valence-corrected chi connectivity index (χ1v) is 8.73. The number of allylic oxidation sites excluding steroid dienone is 2. The predicted molar refractivity (Wildman–Crippen MR) is 105 cm³/mol. The molecule has 0 saturated carbocycles. The summed E-state index contributed by atoms with van der Waals surface area (Å²) in [6.45, 7) is 12.6. The number of aliphatic imine (C=N–C) groups is 1. The molecule has 138 valence electrons. The highest BCUT2D eigenvalue weighted by Gasteiger charge is 2.34. The van der Waals surface area contributed by atoms with Crippen LogP contribution >= 0.6 is 0 Å².